The molecule has 1 fully saturated rings. The summed E-state index contributed by atoms with van der Waals surface area (Å²) >= 11 is 1.63. The van der Waals surface area contributed by atoms with Crippen LogP contribution in [-0.4, -0.2) is 60.1 Å². The monoisotopic (exact) mass is 411 g/mol. The minimum absolute atomic E-state index is 0.0235. The fourth-order valence-corrected chi connectivity index (χ4v) is 4.40. The molecule has 2 aromatic heterocycles. The summed E-state index contributed by atoms with van der Waals surface area (Å²) in [5.74, 6) is 1.63. The SMILES string of the molecule is COc1ccc(C)cc1NC(=O)C(C)N1CCN(c2ncnc3sccc23)CC1. The number of aromatic nitrogens is 2. The molecule has 7 nitrogen and oxygen atoms in total. The normalized spacial score (nSPS) is 16.0. The van der Waals surface area contributed by atoms with E-state index in [1.54, 1.807) is 24.8 Å². The molecule has 4 rings (SSSR count). The highest BCUT2D eigenvalue weighted by atomic mass is 32.1. The van der Waals surface area contributed by atoms with Crippen molar-refractivity contribution in [2.45, 2.75) is 19.9 Å². The van der Waals surface area contributed by atoms with Gasteiger partial charge in [-0.3, -0.25) is 9.69 Å². The van der Waals surface area contributed by atoms with Crippen molar-refractivity contribution in [3.63, 3.8) is 0 Å². The lowest BCUT2D eigenvalue weighted by Gasteiger charge is -2.38. The van der Waals surface area contributed by atoms with Gasteiger partial charge in [0.1, 0.15) is 22.7 Å². The maximum atomic E-state index is 12.8. The van der Waals surface area contributed by atoms with Gasteiger partial charge in [0.2, 0.25) is 5.91 Å². The van der Waals surface area contributed by atoms with Crippen LogP contribution in [0.25, 0.3) is 10.2 Å². The van der Waals surface area contributed by atoms with Gasteiger partial charge in [-0.25, -0.2) is 9.97 Å². The first-order valence-electron chi connectivity index (χ1n) is 9.69. The third-order valence-electron chi connectivity index (χ3n) is 5.39. The van der Waals surface area contributed by atoms with Crippen LogP contribution in [0.15, 0.2) is 36.0 Å². The van der Waals surface area contributed by atoms with Crippen LogP contribution in [0.3, 0.4) is 0 Å². The number of carbonyl (C=O) groups is 1. The average Bonchev–Trinajstić information content (AvgIpc) is 3.22. The first-order chi connectivity index (χ1) is 14.1. The Morgan fingerprint density at radius 2 is 2.00 bits per heavy atom. The fraction of sp³-hybridized carbons (Fsp3) is 0.381. The summed E-state index contributed by atoms with van der Waals surface area (Å²) in [5, 5.41) is 6.17. The van der Waals surface area contributed by atoms with E-state index in [4.69, 9.17) is 4.74 Å². The van der Waals surface area contributed by atoms with Crippen molar-refractivity contribution in [3.8, 4) is 5.75 Å². The van der Waals surface area contributed by atoms with Crippen LogP contribution in [-0.2, 0) is 4.79 Å². The lowest BCUT2D eigenvalue weighted by Crippen LogP contribution is -2.53. The number of methoxy groups -OCH3 is 1. The number of rotatable bonds is 5. The Balaban J connectivity index is 1.40. The van der Waals surface area contributed by atoms with Crippen LogP contribution in [0, 0.1) is 6.92 Å². The van der Waals surface area contributed by atoms with E-state index >= 15 is 0 Å². The van der Waals surface area contributed by atoms with Crippen molar-refractivity contribution in [1.82, 2.24) is 14.9 Å². The molecule has 0 spiro atoms. The molecule has 0 radical (unpaired) electrons. The Morgan fingerprint density at radius 3 is 2.76 bits per heavy atom. The number of fused-ring (bicyclic) bond motifs is 1. The van der Waals surface area contributed by atoms with Gasteiger partial charge >= 0.3 is 0 Å². The van der Waals surface area contributed by atoms with Gasteiger partial charge in [-0.2, -0.15) is 0 Å². The molecule has 8 heteroatoms. The molecule has 1 aliphatic rings. The van der Waals surface area contributed by atoms with E-state index in [1.165, 1.54) is 0 Å². The van der Waals surface area contributed by atoms with Gasteiger partial charge in [0.15, 0.2) is 0 Å². The first-order valence-corrected chi connectivity index (χ1v) is 10.6. The number of benzene rings is 1. The van der Waals surface area contributed by atoms with Crippen molar-refractivity contribution >= 4 is 39.0 Å². The Labute approximate surface area is 174 Å². The number of hydrogen-bond donors (Lipinski definition) is 1. The molecule has 29 heavy (non-hydrogen) atoms. The lowest BCUT2D eigenvalue weighted by molar-refractivity contribution is -0.120. The van der Waals surface area contributed by atoms with Crippen molar-refractivity contribution in [2.24, 2.45) is 0 Å². The average molecular weight is 412 g/mol. The van der Waals surface area contributed by atoms with Crippen LogP contribution >= 0.6 is 11.3 Å². The summed E-state index contributed by atoms with van der Waals surface area (Å²) in [6.07, 6.45) is 1.63. The van der Waals surface area contributed by atoms with Crippen LogP contribution in [0.5, 0.6) is 5.75 Å². The smallest absolute Gasteiger partial charge is 0.241 e. The van der Waals surface area contributed by atoms with Crippen molar-refractivity contribution in [1.29, 1.82) is 0 Å². The molecule has 1 amide bonds. The van der Waals surface area contributed by atoms with Crippen LogP contribution in [0.2, 0.25) is 0 Å². The molecule has 0 bridgehead atoms. The molecule has 0 saturated carbocycles. The minimum atomic E-state index is -0.228. The molecule has 1 aliphatic heterocycles. The van der Waals surface area contributed by atoms with Crippen molar-refractivity contribution in [2.75, 3.05) is 43.5 Å². The molecule has 1 aromatic carbocycles. The quantitative estimate of drug-likeness (QED) is 0.695. The topological polar surface area (TPSA) is 70.6 Å². The van der Waals surface area contributed by atoms with Crippen molar-refractivity contribution in [3.05, 3.63) is 41.5 Å². The summed E-state index contributed by atoms with van der Waals surface area (Å²) in [6, 6.07) is 7.62. The molecule has 1 saturated heterocycles. The van der Waals surface area contributed by atoms with Gasteiger partial charge in [-0.05, 0) is 43.0 Å². The van der Waals surface area contributed by atoms with Gasteiger partial charge in [-0.15, -0.1) is 11.3 Å². The standard InChI is InChI=1S/C21H25N5O2S/c1-14-4-5-18(28-3)17(12-14)24-20(27)15(2)25-7-9-26(10-8-25)19-16-6-11-29-21(16)23-13-22-19/h4-6,11-13,15H,7-10H2,1-3H3,(H,24,27). The first kappa shape index (κ1) is 19.6. The second-order valence-corrected chi connectivity index (χ2v) is 8.12. The number of piperazine rings is 1. The summed E-state index contributed by atoms with van der Waals surface area (Å²) in [7, 11) is 1.61. The van der Waals surface area contributed by atoms with Gasteiger partial charge in [0.25, 0.3) is 0 Å². The summed E-state index contributed by atoms with van der Waals surface area (Å²) in [5.41, 5.74) is 1.79. The zero-order valence-corrected chi connectivity index (χ0v) is 17.7. The Morgan fingerprint density at radius 1 is 1.21 bits per heavy atom. The number of aryl methyl sites for hydroxylation is 1. The van der Waals surface area contributed by atoms with E-state index in [1.807, 2.05) is 37.4 Å². The van der Waals surface area contributed by atoms with E-state index in [0.29, 0.717) is 11.4 Å². The number of carbonyl (C=O) groups excluding carboxylic acids is 1. The Bertz CT molecular complexity index is 1010. The predicted molar refractivity (Wildman–Crippen MR) is 117 cm³/mol. The molecule has 1 N–H and O–H groups in total. The van der Waals surface area contributed by atoms with Gasteiger partial charge in [0.05, 0.1) is 24.2 Å². The number of amides is 1. The lowest BCUT2D eigenvalue weighted by atomic mass is 10.1. The van der Waals surface area contributed by atoms with E-state index in [0.717, 1.165) is 47.8 Å². The predicted octanol–water partition coefficient (Wildman–Crippen LogP) is 3.16. The molecule has 1 atom stereocenters. The summed E-state index contributed by atoms with van der Waals surface area (Å²) in [6.45, 7) is 7.20. The molecular formula is C21H25N5O2S. The maximum Gasteiger partial charge on any atom is 0.241 e. The minimum Gasteiger partial charge on any atom is -0.495 e. The molecule has 1 unspecified atom stereocenters. The maximum absolute atomic E-state index is 12.8. The largest absolute Gasteiger partial charge is 0.495 e. The Kier molecular flexibility index (Phi) is 5.64. The number of nitrogens with zero attached hydrogens (tertiary/aromatic N) is 4. The van der Waals surface area contributed by atoms with Gasteiger partial charge in [-0.1, -0.05) is 6.07 Å². The van der Waals surface area contributed by atoms with E-state index < -0.39 is 0 Å². The van der Waals surface area contributed by atoms with Gasteiger partial charge < -0.3 is 15.0 Å². The van der Waals surface area contributed by atoms with Crippen LogP contribution in [0.4, 0.5) is 11.5 Å². The molecule has 152 valence electrons. The summed E-state index contributed by atoms with van der Waals surface area (Å²) < 4.78 is 5.37. The molecule has 0 aliphatic carbocycles. The summed E-state index contributed by atoms with van der Waals surface area (Å²) in [4.78, 5) is 27.2. The highest BCUT2D eigenvalue weighted by Gasteiger charge is 2.27. The van der Waals surface area contributed by atoms with Crippen LogP contribution < -0.4 is 15.0 Å². The zero-order chi connectivity index (χ0) is 20.4. The number of nitrogens with one attached hydrogen (secondary N) is 1. The third-order valence-corrected chi connectivity index (χ3v) is 6.22. The highest BCUT2D eigenvalue weighted by molar-refractivity contribution is 7.16. The molecule has 3 heterocycles. The molecular weight excluding hydrogens is 386 g/mol. The van der Waals surface area contributed by atoms with Crippen molar-refractivity contribution < 1.29 is 9.53 Å². The zero-order valence-electron chi connectivity index (χ0n) is 16.9. The van der Waals surface area contributed by atoms with Crippen LogP contribution in [0.1, 0.15) is 12.5 Å². The number of hydrogen-bond acceptors (Lipinski definition) is 7. The van der Waals surface area contributed by atoms with E-state index in [2.05, 4.69) is 31.2 Å². The molecule has 3 aromatic rings. The Hall–Kier alpha value is -2.71. The highest BCUT2D eigenvalue weighted by Crippen LogP contribution is 2.28. The van der Waals surface area contributed by atoms with Gasteiger partial charge in [0, 0.05) is 26.2 Å². The fourth-order valence-electron chi connectivity index (χ4n) is 3.67. The second-order valence-electron chi connectivity index (χ2n) is 7.23. The second kappa shape index (κ2) is 8.34. The van der Waals surface area contributed by atoms with E-state index in [-0.39, 0.29) is 11.9 Å². The number of ether oxygens (including phenoxy) is 1. The van der Waals surface area contributed by atoms with E-state index in [9.17, 15) is 4.79 Å². The number of anilines is 2. The number of thiophene rings is 1. The third kappa shape index (κ3) is 4.04.